The van der Waals surface area contributed by atoms with Crippen LogP contribution in [0.25, 0.3) is 20.9 Å². The molecule has 13 heteroatoms. The molecule has 2 aromatic rings. The third-order valence-electron chi connectivity index (χ3n) is 4.22. The van der Waals surface area contributed by atoms with Crippen molar-refractivity contribution in [3.8, 4) is 0 Å². The van der Waals surface area contributed by atoms with Gasteiger partial charge in [-0.05, 0) is 84.4 Å². The smallest absolute Gasteiger partial charge is 0.412 e. The van der Waals surface area contributed by atoms with Crippen LogP contribution in [0.2, 0.25) is 0 Å². The number of ether oxygens (including phenoxy) is 1. The lowest BCUT2D eigenvalue weighted by molar-refractivity contribution is -0.116. The van der Waals surface area contributed by atoms with Crippen LogP contribution in [0.5, 0.6) is 0 Å². The van der Waals surface area contributed by atoms with Crippen LogP contribution >= 0.6 is 0 Å². The van der Waals surface area contributed by atoms with E-state index in [0.717, 1.165) is 11.6 Å². The highest BCUT2D eigenvalue weighted by atomic mass is 16.6. The predicted molar refractivity (Wildman–Crippen MR) is 127 cm³/mol. The predicted octanol–water partition coefficient (Wildman–Crippen LogP) is 5.51. The van der Waals surface area contributed by atoms with Gasteiger partial charge in [-0.15, -0.1) is 0 Å². The fourth-order valence-corrected chi connectivity index (χ4v) is 2.80. The molecule has 13 nitrogen and oxygen atoms in total. The van der Waals surface area contributed by atoms with Crippen LogP contribution in [0.15, 0.2) is 52.7 Å². The zero-order chi connectivity index (χ0) is 26.0. The highest BCUT2D eigenvalue weighted by Crippen LogP contribution is 2.19. The molecule has 2 N–H and O–H groups in total. The number of hydrogen-bond acceptors (Lipinski definition) is 5. The second-order valence-electron chi connectivity index (χ2n) is 8.16. The molecule has 0 aromatic heterocycles. The summed E-state index contributed by atoms with van der Waals surface area (Å²) < 4.78 is 5.19. The Kier molecular flexibility index (Phi) is 8.93. The fraction of sp³-hybridized carbons (Fsp3) is 0.273. The van der Waals surface area contributed by atoms with Gasteiger partial charge in [0.1, 0.15) is 5.60 Å². The number of carbonyl (C=O) groups is 4. The van der Waals surface area contributed by atoms with Gasteiger partial charge in [0.15, 0.2) is 0 Å². The largest absolute Gasteiger partial charge is 0.444 e. The quantitative estimate of drug-likeness (QED) is 0.300. The Morgan fingerprint density at radius 2 is 1.40 bits per heavy atom. The Balaban J connectivity index is 2.04. The van der Waals surface area contributed by atoms with Gasteiger partial charge in [-0.2, -0.15) is 0 Å². The molecule has 0 aliphatic rings. The lowest BCUT2D eigenvalue weighted by Gasteiger charge is -2.19. The van der Waals surface area contributed by atoms with Crippen LogP contribution in [0.1, 0.15) is 53.5 Å². The highest BCUT2D eigenvalue weighted by molar-refractivity contribution is 6.03. The highest BCUT2D eigenvalue weighted by Gasteiger charge is 2.16. The van der Waals surface area contributed by atoms with E-state index in [-0.39, 0.29) is 23.2 Å². The molecule has 0 heterocycles. The van der Waals surface area contributed by atoms with Gasteiger partial charge >= 0.3 is 6.09 Å². The van der Waals surface area contributed by atoms with E-state index in [0.29, 0.717) is 12.1 Å². The average Bonchev–Trinajstić information content (AvgIpc) is 2.77. The van der Waals surface area contributed by atoms with Crippen molar-refractivity contribution >= 4 is 35.2 Å². The SMILES string of the molecule is CC(C)(C)OC(=O)Nc1ccc(CCC(=O)Nc2cc(C(=O)N=[N+]=[N-])cc(C(=O)N=[N+]=[N-])c2)cc1. The Hall–Kier alpha value is -4.86. The monoisotopic (exact) mass is 478 g/mol. The molecule has 0 saturated carbocycles. The first kappa shape index (κ1) is 26.4. The molecule has 0 spiro atoms. The van der Waals surface area contributed by atoms with Crippen LogP contribution in [-0.4, -0.2) is 29.4 Å². The number of anilines is 2. The molecule has 2 aromatic carbocycles. The van der Waals surface area contributed by atoms with E-state index in [1.54, 1.807) is 45.0 Å². The molecule has 0 radical (unpaired) electrons. The van der Waals surface area contributed by atoms with Gasteiger partial charge in [0, 0.05) is 38.7 Å². The molecule has 0 atom stereocenters. The van der Waals surface area contributed by atoms with Crippen LogP contribution < -0.4 is 10.6 Å². The summed E-state index contributed by atoms with van der Waals surface area (Å²) in [6, 6.07) is 10.4. The summed E-state index contributed by atoms with van der Waals surface area (Å²) in [6.45, 7) is 5.27. The molecule has 0 aliphatic carbocycles. The van der Waals surface area contributed by atoms with Gasteiger partial charge in [0.25, 0.3) is 0 Å². The van der Waals surface area contributed by atoms with E-state index >= 15 is 0 Å². The van der Waals surface area contributed by atoms with Crippen molar-refractivity contribution in [2.24, 2.45) is 10.2 Å². The summed E-state index contributed by atoms with van der Waals surface area (Å²) in [4.78, 5) is 52.9. The number of nitrogens with zero attached hydrogens (tertiary/aromatic N) is 6. The second kappa shape index (κ2) is 11.8. The van der Waals surface area contributed by atoms with E-state index in [1.807, 2.05) is 0 Å². The second-order valence-corrected chi connectivity index (χ2v) is 8.16. The third-order valence-corrected chi connectivity index (χ3v) is 4.22. The first-order chi connectivity index (χ1) is 16.5. The van der Waals surface area contributed by atoms with Gasteiger partial charge in [-0.3, -0.25) is 19.7 Å². The fourth-order valence-electron chi connectivity index (χ4n) is 2.80. The molecule has 0 saturated heterocycles. The Labute approximate surface area is 199 Å². The van der Waals surface area contributed by atoms with Crippen molar-refractivity contribution < 1.29 is 23.9 Å². The number of benzene rings is 2. The van der Waals surface area contributed by atoms with Crippen LogP contribution in [0.4, 0.5) is 16.2 Å². The lowest BCUT2D eigenvalue weighted by Crippen LogP contribution is -2.27. The van der Waals surface area contributed by atoms with Crippen LogP contribution in [0, 0.1) is 0 Å². The Morgan fingerprint density at radius 3 is 1.89 bits per heavy atom. The van der Waals surface area contributed by atoms with Gasteiger partial charge in [-0.1, -0.05) is 12.1 Å². The van der Waals surface area contributed by atoms with Gasteiger partial charge in [0.05, 0.1) is 0 Å². The van der Waals surface area contributed by atoms with Crippen LogP contribution in [-0.2, 0) is 16.0 Å². The maximum Gasteiger partial charge on any atom is 0.412 e. The molecule has 180 valence electrons. The molecule has 0 unspecified atom stereocenters. The first-order valence-electron chi connectivity index (χ1n) is 10.2. The zero-order valence-corrected chi connectivity index (χ0v) is 19.2. The van der Waals surface area contributed by atoms with E-state index in [4.69, 9.17) is 15.8 Å². The Bertz CT molecular complexity index is 1190. The number of azide groups is 2. The minimum atomic E-state index is -0.973. The molecule has 0 aliphatic heterocycles. The minimum Gasteiger partial charge on any atom is -0.444 e. The number of amides is 4. The van der Waals surface area contributed by atoms with Gasteiger partial charge < -0.3 is 10.1 Å². The molecule has 35 heavy (non-hydrogen) atoms. The summed E-state index contributed by atoms with van der Waals surface area (Å²) in [5.74, 6) is -2.37. The summed E-state index contributed by atoms with van der Waals surface area (Å²) in [6.07, 6.45) is -0.156. The molecule has 0 bridgehead atoms. The minimum absolute atomic E-state index is 0.0625. The van der Waals surface area contributed by atoms with E-state index in [2.05, 4.69) is 30.7 Å². The van der Waals surface area contributed by atoms with Gasteiger partial charge in [0.2, 0.25) is 17.7 Å². The molecule has 0 fully saturated rings. The normalized spacial score (nSPS) is 10.3. The number of carbonyl (C=O) groups excluding carboxylic acids is 4. The zero-order valence-electron chi connectivity index (χ0n) is 19.2. The van der Waals surface area contributed by atoms with Crippen molar-refractivity contribution in [2.45, 2.75) is 39.2 Å². The van der Waals surface area contributed by atoms with Crippen molar-refractivity contribution in [3.63, 3.8) is 0 Å². The third kappa shape index (κ3) is 8.89. The van der Waals surface area contributed by atoms with E-state index in [1.165, 1.54) is 12.1 Å². The summed E-state index contributed by atoms with van der Waals surface area (Å²) in [7, 11) is 0. The van der Waals surface area contributed by atoms with Crippen LogP contribution in [0.3, 0.4) is 0 Å². The molecule has 4 amide bonds. The van der Waals surface area contributed by atoms with Gasteiger partial charge in [-0.25, -0.2) is 4.79 Å². The maximum absolute atomic E-state index is 12.4. The number of hydrogen-bond donors (Lipinski definition) is 2. The van der Waals surface area contributed by atoms with Crippen molar-refractivity contribution in [1.82, 2.24) is 0 Å². The number of nitrogens with one attached hydrogen (secondary N) is 2. The average molecular weight is 478 g/mol. The lowest BCUT2D eigenvalue weighted by atomic mass is 10.1. The van der Waals surface area contributed by atoms with Crippen molar-refractivity contribution in [3.05, 3.63) is 80.0 Å². The summed E-state index contributed by atoms with van der Waals surface area (Å²) in [5, 5.41) is 11.1. The molecular weight excluding hydrogens is 456 g/mol. The Morgan fingerprint density at radius 1 is 0.857 bits per heavy atom. The topological polar surface area (TPSA) is 199 Å². The number of aryl methyl sites for hydroxylation is 1. The summed E-state index contributed by atoms with van der Waals surface area (Å²) >= 11 is 0. The van der Waals surface area contributed by atoms with Crippen molar-refractivity contribution in [2.75, 3.05) is 10.6 Å². The molecule has 2 rings (SSSR count). The van der Waals surface area contributed by atoms with E-state index in [9.17, 15) is 19.2 Å². The summed E-state index contributed by atoms with van der Waals surface area (Å²) in [5.41, 5.74) is 17.4. The van der Waals surface area contributed by atoms with Crippen molar-refractivity contribution in [1.29, 1.82) is 0 Å². The molecular formula is C22H22N8O5. The number of rotatable bonds is 7. The standard InChI is InChI=1S/C22H22N8O5/c1-22(2,3)35-21(34)26-16-7-4-13(5-8-16)6-9-18(31)25-17-11-14(19(32)27-29-23)10-15(12-17)20(33)28-30-24/h4-5,7-8,10-12H,6,9H2,1-3H3,(H,25,31)(H,26,34). The first-order valence-corrected chi connectivity index (χ1v) is 10.2. The van der Waals surface area contributed by atoms with E-state index < -0.39 is 29.4 Å². The maximum atomic E-state index is 12.4.